The highest BCUT2D eigenvalue weighted by Crippen LogP contribution is 1.95. The lowest BCUT2D eigenvalue weighted by molar-refractivity contribution is -0.140. The molecule has 0 saturated heterocycles. The van der Waals surface area contributed by atoms with Gasteiger partial charge >= 0.3 is 5.97 Å². The molecule has 0 aliphatic heterocycles. The lowest BCUT2D eigenvalue weighted by Crippen LogP contribution is -2.03. The van der Waals surface area contributed by atoms with Crippen LogP contribution in [0.25, 0.3) is 0 Å². The Hall–Kier alpha value is -0.570. The summed E-state index contributed by atoms with van der Waals surface area (Å²) in [5.74, 6) is -0.994. The number of aliphatic carboxylic acids is 1. The Balaban J connectivity index is 0. The van der Waals surface area contributed by atoms with Crippen LogP contribution in [0.2, 0.25) is 0 Å². The lowest BCUT2D eigenvalue weighted by Gasteiger charge is -1.89. The predicted molar refractivity (Wildman–Crippen MR) is 48.2 cm³/mol. The van der Waals surface area contributed by atoms with E-state index in [0.29, 0.717) is 0 Å². The largest absolute Gasteiger partial charge is 0.481 e. The van der Waals surface area contributed by atoms with E-state index in [0.717, 1.165) is 0 Å². The van der Waals surface area contributed by atoms with Gasteiger partial charge in [0, 0.05) is 5.92 Å². The Morgan fingerprint density at radius 3 is 1.25 bits per heavy atom. The molecule has 0 bridgehead atoms. The van der Waals surface area contributed by atoms with Crippen molar-refractivity contribution in [3.05, 3.63) is 0 Å². The van der Waals surface area contributed by atoms with E-state index in [1.807, 2.05) is 0 Å². The molecule has 0 radical (unpaired) electrons. The van der Waals surface area contributed by atoms with Gasteiger partial charge in [0.1, 0.15) is 0 Å². The second-order valence-electron chi connectivity index (χ2n) is 2.95. The van der Waals surface area contributed by atoms with Crippen molar-refractivity contribution >= 4 is 22.8 Å². The average molecular weight is 195 g/mol. The quantitative estimate of drug-likeness (QED) is 0.686. The van der Waals surface area contributed by atoms with Gasteiger partial charge in [-0.3, -0.25) is 9.59 Å². The molecule has 0 heterocycles. The molecule has 0 aromatic carbocycles. The summed E-state index contributed by atoms with van der Waals surface area (Å²) < 4.78 is 0. The molecule has 72 valence electrons. The zero-order valence-corrected chi connectivity index (χ0v) is 8.55. The number of carboxylic acid groups (broad SMARTS) is 1. The smallest absolute Gasteiger partial charge is 0.305 e. The second kappa shape index (κ2) is 7.10. The molecule has 0 aliphatic rings. The Kier molecular flexibility index (Phi) is 8.27. The Morgan fingerprint density at radius 1 is 1.08 bits per heavy atom. The zero-order valence-electron chi connectivity index (χ0n) is 7.80. The first-order valence-corrected chi connectivity index (χ1v) is 4.09. The summed E-state index contributed by atoms with van der Waals surface area (Å²) in [5, 5.41) is 7.72. The van der Waals surface area contributed by atoms with Crippen LogP contribution in [0.15, 0.2) is 0 Å². The summed E-state index contributed by atoms with van der Waals surface area (Å²) in [5.41, 5.74) is 0. The first kappa shape index (κ1) is 14.0. The van der Waals surface area contributed by atoms with Gasteiger partial charge in [-0.2, -0.15) is 0 Å². The molecule has 0 rings (SSSR count). The molecule has 0 unspecified atom stereocenters. The molecular formula is C8H15ClO3. The third-order valence-corrected chi connectivity index (χ3v) is 1.38. The van der Waals surface area contributed by atoms with Gasteiger partial charge in [0.25, 0.3) is 0 Å². The molecular weight excluding hydrogens is 180 g/mol. The van der Waals surface area contributed by atoms with E-state index in [1.54, 1.807) is 27.7 Å². The molecule has 1 N–H and O–H groups in total. The number of rotatable bonds is 2. The molecule has 0 saturated carbocycles. The van der Waals surface area contributed by atoms with E-state index in [1.165, 1.54) is 0 Å². The number of halogens is 1. The van der Waals surface area contributed by atoms with Gasteiger partial charge in [-0.05, 0) is 11.6 Å². The number of carbonyl (C=O) groups excluding carboxylic acids is 1. The van der Waals surface area contributed by atoms with E-state index in [4.69, 9.17) is 16.7 Å². The minimum atomic E-state index is -0.741. The minimum absolute atomic E-state index is 0.0216. The SMILES string of the molecule is CC(C)C(=O)Cl.CC(C)C(=O)O. The van der Waals surface area contributed by atoms with Crippen LogP contribution in [0.3, 0.4) is 0 Å². The van der Waals surface area contributed by atoms with Gasteiger partial charge in [-0.15, -0.1) is 0 Å². The summed E-state index contributed by atoms with van der Waals surface area (Å²) in [6, 6.07) is 0. The van der Waals surface area contributed by atoms with Gasteiger partial charge in [0.2, 0.25) is 5.24 Å². The van der Waals surface area contributed by atoms with Crippen LogP contribution < -0.4 is 0 Å². The predicted octanol–water partition coefficient (Wildman–Crippen LogP) is 2.13. The summed E-state index contributed by atoms with van der Waals surface area (Å²) >= 11 is 4.97. The fourth-order valence-corrected chi connectivity index (χ4v) is 0. The van der Waals surface area contributed by atoms with Crippen molar-refractivity contribution < 1.29 is 14.7 Å². The van der Waals surface area contributed by atoms with E-state index >= 15 is 0 Å². The van der Waals surface area contributed by atoms with Gasteiger partial charge in [-0.25, -0.2) is 0 Å². The van der Waals surface area contributed by atoms with E-state index in [9.17, 15) is 9.59 Å². The van der Waals surface area contributed by atoms with Crippen molar-refractivity contribution in [3.8, 4) is 0 Å². The summed E-state index contributed by atoms with van der Waals surface area (Å²) in [6.45, 7) is 6.80. The number of carboxylic acids is 1. The van der Waals surface area contributed by atoms with Crippen molar-refractivity contribution in [2.24, 2.45) is 11.8 Å². The van der Waals surface area contributed by atoms with Gasteiger partial charge in [0.15, 0.2) is 0 Å². The molecule has 0 fully saturated rings. The maximum Gasteiger partial charge on any atom is 0.305 e. The maximum absolute atomic E-state index is 9.91. The Bertz CT molecular complexity index is 134. The fraction of sp³-hybridized carbons (Fsp3) is 0.750. The molecule has 3 nitrogen and oxygen atoms in total. The first-order chi connectivity index (χ1) is 5.29. The van der Waals surface area contributed by atoms with E-state index in [-0.39, 0.29) is 17.1 Å². The summed E-state index contributed by atoms with van der Waals surface area (Å²) in [7, 11) is 0. The third kappa shape index (κ3) is 12.1. The van der Waals surface area contributed by atoms with Gasteiger partial charge in [0.05, 0.1) is 5.92 Å². The molecule has 0 amide bonds. The molecule has 0 aliphatic carbocycles. The topological polar surface area (TPSA) is 54.4 Å². The van der Waals surface area contributed by atoms with Crippen LogP contribution in [0.4, 0.5) is 0 Å². The molecule has 12 heavy (non-hydrogen) atoms. The van der Waals surface area contributed by atoms with Crippen molar-refractivity contribution in [2.75, 3.05) is 0 Å². The minimum Gasteiger partial charge on any atom is -0.481 e. The van der Waals surface area contributed by atoms with Crippen LogP contribution in [-0.2, 0) is 9.59 Å². The number of carbonyl (C=O) groups is 2. The van der Waals surface area contributed by atoms with Gasteiger partial charge in [-0.1, -0.05) is 27.7 Å². The average Bonchev–Trinajstić information content (AvgIpc) is 1.88. The molecule has 0 aromatic rings. The highest BCUT2D eigenvalue weighted by atomic mass is 35.5. The molecule has 0 spiro atoms. The van der Waals surface area contributed by atoms with E-state index < -0.39 is 5.97 Å². The van der Waals surface area contributed by atoms with Crippen LogP contribution >= 0.6 is 11.6 Å². The van der Waals surface area contributed by atoms with E-state index in [2.05, 4.69) is 0 Å². The van der Waals surface area contributed by atoms with Crippen molar-refractivity contribution in [1.82, 2.24) is 0 Å². The zero-order chi connectivity index (χ0) is 10.3. The van der Waals surface area contributed by atoms with Crippen LogP contribution in [0, 0.1) is 11.8 Å². The third-order valence-electron chi connectivity index (χ3n) is 0.948. The summed E-state index contributed by atoms with van der Waals surface area (Å²) in [4.78, 5) is 19.6. The van der Waals surface area contributed by atoms with Crippen molar-refractivity contribution in [2.45, 2.75) is 27.7 Å². The van der Waals surface area contributed by atoms with Crippen LogP contribution in [-0.4, -0.2) is 16.3 Å². The van der Waals surface area contributed by atoms with Gasteiger partial charge < -0.3 is 5.11 Å². The first-order valence-electron chi connectivity index (χ1n) is 3.71. The molecule has 0 atom stereocenters. The lowest BCUT2D eigenvalue weighted by atomic mass is 10.2. The fourth-order valence-electron chi connectivity index (χ4n) is 0. The highest BCUT2D eigenvalue weighted by molar-refractivity contribution is 6.63. The standard InChI is InChI=1S/C4H7ClO.C4H8O2/c2*1-3(2)4(5)6/h3H,1-2H3;3H,1-2H3,(H,5,6). The highest BCUT2D eigenvalue weighted by Gasteiger charge is 1.99. The monoisotopic (exact) mass is 194 g/mol. The number of hydrogen-bond acceptors (Lipinski definition) is 2. The Morgan fingerprint density at radius 2 is 1.25 bits per heavy atom. The number of hydrogen-bond donors (Lipinski definition) is 1. The molecule has 0 aromatic heterocycles. The molecule has 4 heteroatoms. The summed E-state index contributed by atoms with van der Waals surface area (Å²) in [6.07, 6.45) is 0. The van der Waals surface area contributed by atoms with Crippen LogP contribution in [0.1, 0.15) is 27.7 Å². The second-order valence-corrected chi connectivity index (χ2v) is 3.32. The van der Waals surface area contributed by atoms with Crippen molar-refractivity contribution in [3.63, 3.8) is 0 Å². The van der Waals surface area contributed by atoms with Crippen LogP contribution in [0.5, 0.6) is 0 Å². The maximum atomic E-state index is 9.91. The normalized spacial score (nSPS) is 9.25. The Labute approximate surface area is 77.7 Å². The van der Waals surface area contributed by atoms with Crippen molar-refractivity contribution in [1.29, 1.82) is 0 Å².